The SMILES string of the molecule is O=C(Nc1ccccc1N1CCCCCC1)c1ccccc1I. The number of carbonyl (C=O) groups excluding carboxylic acids is 1. The summed E-state index contributed by atoms with van der Waals surface area (Å²) in [5.41, 5.74) is 2.76. The Morgan fingerprint density at radius 2 is 1.57 bits per heavy atom. The molecule has 2 aromatic carbocycles. The molecule has 0 saturated carbocycles. The minimum Gasteiger partial charge on any atom is -0.370 e. The third kappa shape index (κ3) is 4.05. The van der Waals surface area contributed by atoms with Gasteiger partial charge in [-0.2, -0.15) is 0 Å². The number of anilines is 2. The number of para-hydroxylation sites is 2. The smallest absolute Gasteiger partial charge is 0.256 e. The Balaban J connectivity index is 1.83. The summed E-state index contributed by atoms with van der Waals surface area (Å²) in [6.45, 7) is 2.13. The van der Waals surface area contributed by atoms with E-state index in [9.17, 15) is 4.79 Å². The molecule has 0 aromatic heterocycles. The molecule has 0 spiro atoms. The first kappa shape index (κ1) is 16.3. The second-order valence-corrected chi connectivity index (χ2v) is 7.01. The van der Waals surface area contributed by atoms with Crippen LogP contribution in [-0.4, -0.2) is 19.0 Å². The largest absolute Gasteiger partial charge is 0.370 e. The van der Waals surface area contributed by atoms with Crippen LogP contribution in [0.25, 0.3) is 0 Å². The zero-order chi connectivity index (χ0) is 16.1. The minimum atomic E-state index is -0.0442. The van der Waals surface area contributed by atoms with Gasteiger partial charge in [0, 0.05) is 16.7 Å². The van der Waals surface area contributed by atoms with Crippen molar-refractivity contribution in [3.05, 3.63) is 57.7 Å². The molecule has 120 valence electrons. The summed E-state index contributed by atoms with van der Waals surface area (Å²) in [5.74, 6) is -0.0442. The highest BCUT2D eigenvalue weighted by molar-refractivity contribution is 14.1. The second kappa shape index (κ2) is 7.81. The highest BCUT2D eigenvalue weighted by Crippen LogP contribution is 2.28. The number of carbonyl (C=O) groups is 1. The van der Waals surface area contributed by atoms with E-state index in [4.69, 9.17) is 0 Å². The Morgan fingerprint density at radius 3 is 2.30 bits per heavy atom. The number of halogens is 1. The lowest BCUT2D eigenvalue weighted by Crippen LogP contribution is -2.25. The molecule has 2 aromatic rings. The van der Waals surface area contributed by atoms with Crippen molar-refractivity contribution in [2.45, 2.75) is 25.7 Å². The normalized spacial score (nSPS) is 15.1. The zero-order valence-electron chi connectivity index (χ0n) is 13.1. The molecule has 0 bridgehead atoms. The van der Waals surface area contributed by atoms with E-state index in [0.717, 1.165) is 33.6 Å². The van der Waals surface area contributed by atoms with Crippen molar-refractivity contribution in [2.75, 3.05) is 23.3 Å². The molecule has 0 atom stereocenters. The highest BCUT2D eigenvalue weighted by atomic mass is 127. The molecule has 0 aliphatic carbocycles. The van der Waals surface area contributed by atoms with Crippen molar-refractivity contribution in [3.8, 4) is 0 Å². The predicted molar refractivity (Wildman–Crippen MR) is 104 cm³/mol. The molecule has 4 heteroatoms. The number of amides is 1. The minimum absolute atomic E-state index is 0.0442. The van der Waals surface area contributed by atoms with Crippen molar-refractivity contribution < 1.29 is 4.79 Å². The maximum atomic E-state index is 12.6. The molecule has 1 amide bonds. The molecular weight excluding hydrogens is 399 g/mol. The molecule has 3 rings (SSSR count). The maximum Gasteiger partial charge on any atom is 0.256 e. The first-order valence-corrected chi connectivity index (χ1v) is 9.23. The predicted octanol–water partition coefficient (Wildman–Crippen LogP) is 4.92. The Labute approximate surface area is 151 Å². The Morgan fingerprint density at radius 1 is 0.913 bits per heavy atom. The van der Waals surface area contributed by atoms with Crippen molar-refractivity contribution >= 4 is 39.9 Å². The lowest BCUT2D eigenvalue weighted by atomic mass is 10.2. The fraction of sp³-hybridized carbons (Fsp3) is 0.316. The second-order valence-electron chi connectivity index (χ2n) is 5.85. The number of nitrogens with zero attached hydrogens (tertiary/aromatic N) is 1. The van der Waals surface area contributed by atoms with Gasteiger partial charge in [-0.25, -0.2) is 0 Å². The van der Waals surface area contributed by atoms with Crippen LogP contribution in [0.15, 0.2) is 48.5 Å². The molecule has 3 nitrogen and oxygen atoms in total. The lowest BCUT2D eigenvalue weighted by Gasteiger charge is -2.25. The van der Waals surface area contributed by atoms with Gasteiger partial charge in [-0.1, -0.05) is 37.1 Å². The molecule has 1 fully saturated rings. The van der Waals surface area contributed by atoms with Crippen molar-refractivity contribution in [1.82, 2.24) is 0 Å². The summed E-state index contributed by atoms with van der Waals surface area (Å²) in [6, 6.07) is 15.8. The first-order valence-electron chi connectivity index (χ1n) is 8.15. The fourth-order valence-electron chi connectivity index (χ4n) is 3.00. The molecular formula is C19H21IN2O. The molecule has 1 aliphatic rings. The van der Waals surface area contributed by atoms with E-state index in [0.29, 0.717) is 0 Å². The van der Waals surface area contributed by atoms with E-state index < -0.39 is 0 Å². The van der Waals surface area contributed by atoms with Gasteiger partial charge in [0.25, 0.3) is 5.91 Å². The van der Waals surface area contributed by atoms with Gasteiger partial charge in [0.05, 0.1) is 16.9 Å². The number of benzene rings is 2. The molecule has 1 saturated heterocycles. The van der Waals surface area contributed by atoms with Gasteiger partial charge >= 0.3 is 0 Å². The lowest BCUT2D eigenvalue weighted by molar-refractivity contribution is 0.102. The van der Waals surface area contributed by atoms with Crippen LogP contribution in [-0.2, 0) is 0 Å². The van der Waals surface area contributed by atoms with Gasteiger partial charge in [-0.05, 0) is 59.7 Å². The van der Waals surface area contributed by atoms with Gasteiger partial charge in [-0.15, -0.1) is 0 Å². The van der Waals surface area contributed by atoms with E-state index >= 15 is 0 Å². The zero-order valence-corrected chi connectivity index (χ0v) is 15.3. The van der Waals surface area contributed by atoms with Gasteiger partial charge in [-0.3, -0.25) is 4.79 Å². The Bertz CT molecular complexity index is 679. The number of rotatable bonds is 3. The van der Waals surface area contributed by atoms with Crippen molar-refractivity contribution in [1.29, 1.82) is 0 Å². The van der Waals surface area contributed by atoms with E-state index in [1.165, 1.54) is 25.7 Å². The average molecular weight is 420 g/mol. The van der Waals surface area contributed by atoms with Crippen LogP contribution in [0.1, 0.15) is 36.0 Å². The summed E-state index contributed by atoms with van der Waals surface area (Å²) in [6.07, 6.45) is 5.04. The van der Waals surface area contributed by atoms with Crippen LogP contribution in [0.4, 0.5) is 11.4 Å². The van der Waals surface area contributed by atoms with E-state index in [2.05, 4.69) is 38.9 Å². The number of hydrogen-bond acceptors (Lipinski definition) is 2. The van der Waals surface area contributed by atoms with Crippen molar-refractivity contribution in [2.24, 2.45) is 0 Å². The average Bonchev–Trinajstić information content (AvgIpc) is 2.85. The third-order valence-corrected chi connectivity index (χ3v) is 5.16. The van der Waals surface area contributed by atoms with Gasteiger partial charge < -0.3 is 10.2 Å². The Hall–Kier alpha value is -1.56. The number of hydrogen-bond donors (Lipinski definition) is 1. The topological polar surface area (TPSA) is 32.3 Å². The van der Waals surface area contributed by atoms with E-state index in [1.807, 2.05) is 42.5 Å². The molecule has 0 unspecified atom stereocenters. The standard InChI is InChI=1S/C19H21IN2O/c20-16-10-4-3-9-15(16)19(23)21-17-11-5-6-12-18(17)22-13-7-1-2-8-14-22/h3-6,9-12H,1-2,7-8,13-14H2,(H,21,23). The summed E-state index contributed by atoms with van der Waals surface area (Å²) in [7, 11) is 0. The van der Waals surface area contributed by atoms with Crippen LogP contribution in [0.5, 0.6) is 0 Å². The van der Waals surface area contributed by atoms with E-state index in [1.54, 1.807) is 0 Å². The summed E-state index contributed by atoms with van der Waals surface area (Å²) in [4.78, 5) is 15.0. The van der Waals surface area contributed by atoms with Crippen LogP contribution in [0.3, 0.4) is 0 Å². The van der Waals surface area contributed by atoms with Crippen LogP contribution >= 0.6 is 22.6 Å². The van der Waals surface area contributed by atoms with Gasteiger partial charge in [0.2, 0.25) is 0 Å². The molecule has 1 aliphatic heterocycles. The monoisotopic (exact) mass is 420 g/mol. The van der Waals surface area contributed by atoms with Crippen LogP contribution < -0.4 is 10.2 Å². The van der Waals surface area contributed by atoms with Crippen LogP contribution in [0.2, 0.25) is 0 Å². The molecule has 0 radical (unpaired) electrons. The summed E-state index contributed by atoms with van der Waals surface area (Å²) in [5, 5.41) is 3.10. The quantitative estimate of drug-likeness (QED) is 0.715. The van der Waals surface area contributed by atoms with Gasteiger partial charge in [0.15, 0.2) is 0 Å². The molecule has 1 heterocycles. The van der Waals surface area contributed by atoms with Gasteiger partial charge in [0.1, 0.15) is 0 Å². The molecule has 1 N–H and O–H groups in total. The fourth-order valence-corrected chi connectivity index (χ4v) is 3.63. The third-order valence-electron chi connectivity index (χ3n) is 4.22. The number of nitrogens with one attached hydrogen (secondary N) is 1. The molecule has 23 heavy (non-hydrogen) atoms. The highest BCUT2D eigenvalue weighted by Gasteiger charge is 2.16. The Kier molecular flexibility index (Phi) is 5.54. The van der Waals surface area contributed by atoms with Crippen molar-refractivity contribution in [3.63, 3.8) is 0 Å². The van der Waals surface area contributed by atoms with Crippen LogP contribution in [0, 0.1) is 3.57 Å². The summed E-state index contributed by atoms with van der Waals surface area (Å²) < 4.78 is 0.967. The summed E-state index contributed by atoms with van der Waals surface area (Å²) >= 11 is 2.20. The first-order chi connectivity index (χ1) is 11.3. The maximum absolute atomic E-state index is 12.6. The van der Waals surface area contributed by atoms with E-state index in [-0.39, 0.29) is 5.91 Å².